The second kappa shape index (κ2) is 33.8. The fourth-order valence-corrected chi connectivity index (χ4v) is 7.59. The highest BCUT2D eigenvalue weighted by Crippen LogP contribution is 2.32. The fraction of sp³-hybridized carbons (Fsp3) is 0.714. The number of nitrogens with zero attached hydrogens (tertiary/aromatic N) is 1. The molecule has 0 unspecified atom stereocenters. The minimum atomic E-state index is 0.870. The van der Waals surface area contributed by atoms with E-state index in [1.54, 1.807) is 0 Å². The molecule has 0 aliphatic heterocycles. The number of quaternary nitrogens is 1. The lowest BCUT2D eigenvalue weighted by molar-refractivity contribution is -0.936. The molecule has 1 rings (SSSR count). The molecule has 0 N–H and O–H groups in total. The highest BCUT2D eigenvalue weighted by molar-refractivity contribution is 5.45. The van der Waals surface area contributed by atoms with Crippen molar-refractivity contribution in [1.82, 2.24) is 0 Å². The molecule has 2 nitrogen and oxygen atoms in total. The van der Waals surface area contributed by atoms with Crippen LogP contribution >= 0.6 is 0 Å². The summed E-state index contributed by atoms with van der Waals surface area (Å²) < 4.78 is 8.03. The number of aryl methyl sites for hydroxylation is 2. The largest absolute Gasteiger partial charge is 0.493 e. The lowest BCUT2D eigenvalue weighted by Gasteiger charge is -2.36. The van der Waals surface area contributed by atoms with E-state index < -0.39 is 0 Å². The molecule has 0 amide bonds. The number of allylic oxidation sites excluding steroid dienone is 6. The monoisotopic (exact) mass is 705 g/mol. The predicted octanol–water partition coefficient (Wildman–Crippen LogP) is 15.4. The van der Waals surface area contributed by atoms with Gasteiger partial charge in [0.1, 0.15) is 12.3 Å². The molecule has 0 heterocycles. The van der Waals surface area contributed by atoms with Crippen LogP contribution in [0.5, 0.6) is 5.75 Å². The van der Waals surface area contributed by atoms with Crippen LogP contribution in [0.1, 0.15) is 198 Å². The molecule has 51 heavy (non-hydrogen) atoms. The number of unbranched alkanes of at least 4 members (excludes halogenated alkanes) is 21. The Morgan fingerprint density at radius 3 is 1.31 bits per heavy atom. The quantitative estimate of drug-likeness (QED) is 0.0381. The minimum absolute atomic E-state index is 0.870. The van der Waals surface area contributed by atoms with E-state index in [4.69, 9.17) is 4.74 Å². The summed E-state index contributed by atoms with van der Waals surface area (Å²) in [6.07, 6.45) is 46.6. The molecule has 0 atom stereocenters. The molecular formula is C49H86NO+. The van der Waals surface area contributed by atoms with Crippen molar-refractivity contribution in [2.45, 2.75) is 201 Å². The van der Waals surface area contributed by atoms with E-state index in [1.165, 1.54) is 201 Å². The van der Waals surface area contributed by atoms with Crippen LogP contribution in [0.25, 0.3) is 0 Å². The number of hydrogen-bond acceptors (Lipinski definition) is 1. The molecule has 0 spiro atoms. The second-order valence-electron chi connectivity index (χ2n) is 15.4. The zero-order valence-corrected chi connectivity index (χ0v) is 34.8. The maximum atomic E-state index is 6.86. The van der Waals surface area contributed by atoms with Crippen LogP contribution in [0.2, 0.25) is 0 Å². The number of benzene rings is 1. The van der Waals surface area contributed by atoms with Gasteiger partial charge in [-0.3, -0.25) is 0 Å². The van der Waals surface area contributed by atoms with E-state index in [9.17, 15) is 0 Å². The SMILES string of the molecule is C=C/C=C/CCCCCCCCc1cc(C[N+](CC)(CC)CC)cc(CCCCCCCC/C=C/C=C)c1OCCCCCCCCCCCC. The standard InChI is InChI=1S/C49H86NO/c1-7-13-16-19-22-25-28-31-34-37-40-47-43-46(45-50(10-4,11-5)12-6)44-48(41-38-35-32-29-26-23-20-17-14-8-2)49(47)51-42-39-36-33-30-27-24-21-18-15-9-3/h7-8,13-14,16-17,43-44H,1-2,9-12,15,18-42,45H2,3-6H3/q+1/b16-13+,17-14+. The van der Waals surface area contributed by atoms with E-state index in [2.05, 4.69) is 77.3 Å². The van der Waals surface area contributed by atoms with E-state index in [0.29, 0.717) is 0 Å². The van der Waals surface area contributed by atoms with E-state index in [1.807, 2.05) is 12.2 Å². The Bertz CT molecular complexity index is 952. The summed E-state index contributed by atoms with van der Waals surface area (Å²) in [5, 5.41) is 0. The molecule has 0 fully saturated rings. The van der Waals surface area contributed by atoms with Gasteiger partial charge in [0.25, 0.3) is 0 Å². The van der Waals surface area contributed by atoms with Crippen LogP contribution in [0.3, 0.4) is 0 Å². The molecule has 0 bridgehead atoms. The third-order valence-corrected chi connectivity index (χ3v) is 11.3. The molecule has 292 valence electrons. The number of hydrogen-bond donors (Lipinski definition) is 0. The molecule has 0 saturated heterocycles. The first kappa shape index (κ1) is 47.0. The van der Waals surface area contributed by atoms with Gasteiger partial charge in [-0.1, -0.05) is 166 Å². The maximum absolute atomic E-state index is 6.86. The lowest BCUT2D eigenvalue weighted by Crippen LogP contribution is -2.46. The van der Waals surface area contributed by atoms with E-state index in [0.717, 1.165) is 26.0 Å². The fourth-order valence-electron chi connectivity index (χ4n) is 7.59. The van der Waals surface area contributed by atoms with E-state index >= 15 is 0 Å². The number of rotatable bonds is 37. The van der Waals surface area contributed by atoms with Crippen LogP contribution in [0.15, 0.2) is 61.7 Å². The van der Waals surface area contributed by atoms with Gasteiger partial charge in [0, 0.05) is 5.56 Å². The Morgan fingerprint density at radius 1 is 0.510 bits per heavy atom. The van der Waals surface area contributed by atoms with Crippen molar-refractivity contribution < 1.29 is 9.22 Å². The van der Waals surface area contributed by atoms with Crippen molar-refractivity contribution in [1.29, 1.82) is 0 Å². The molecule has 0 aromatic heterocycles. The Morgan fingerprint density at radius 2 is 0.902 bits per heavy atom. The molecular weight excluding hydrogens is 619 g/mol. The predicted molar refractivity (Wildman–Crippen MR) is 230 cm³/mol. The summed E-state index contributed by atoms with van der Waals surface area (Å²) in [6, 6.07) is 5.14. The molecule has 1 aromatic rings. The topological polar surface area (TPSA) is 9.23 Å². The zero-order valence-electron chi connectivity index (χ0n) is 34.8. The van der Waals surface area contributed by atoms with Gasteiger partial charge in [-0.25, -0.2) is 0 Å². The average Bonchev–Trinajstić information content (AvgIpc) is 3.15. The van der Waals surface area contributed by atoms with Crippen LogP contribution in [0.4, 0.5) is 0 Å². The van der Waals surface area contributed by atoms with Gasteiger partial charge in [0.2, 0.25) is 0 Å². The summed E-state index contributed by atoms with van der Waals surface area (Å²) in [5.41, 5.74) is 4.54. The van der Waals surface area contributed by atoms with Gasteiger partial charge in [0.15, 0.2) is 0 Å². The highest BCUT2D eigenvalue weighted by Gasteiger charge is 2.23. The van der Waals surface area contributed by atoms with Crippen molar-refractivity contribution in [3.8, 4) is 5.75 Å². The Balaban J connectivity index is 2.94. The summed E-state index contributed by atoms with van der Waals surface area (Å²) >= 11 is 0. The van der Waals surface area contributed by atoms with Crippen molar-refractivity contribution in [2.24, 2.45) is 0 Å². The molecule has 0 aliphatic carbocycles. The summed E-state index contributed by atoms with van der Waals surface area (Å²) in [6.45, 7) is 22.6. The summed E-state index contributed by atoms with van der Waals surface area (Å²) in [5.74, 6) is 1.26. The molecule has 0 aliphatic rings. The third-order valence-electron chi connectivity index (χ3n) is 11.3. The van der Waals surface area contributed by atoms with Crippen molar-refractivity contribution in [2.75, 3.05) is 26.2 Å². The van der Waals surface area contributed by atoms with Crippen LogP contribution < -0.4 is 4.74 Å². The van der Waals surface area contributed by atoms with Gasteiger partial charge in [-0.2, -0.15) is 0 Å². The second-order valence-corrected chi connectivity index (χ2v) is 15.4. The molecule has 0 radical (unpaired) electrons. The van der Waals surface area contributed by atoms with Crippen molar-refractivity contribution in [3.63, 3.8) is 0 Å². The normalized spacial score (nSPS) is 12.0. The molecule has 0 saturated carbocycles. The Kier molecular flexibility index (Phi) is 31.1. The van der Waals surface area contributed by atoms with Gasteiger partial charge >= 0.3 is 0 Å². The summed E-state index contributed by atoms with van der Waals surface area (Å²) in [4.78, 5) is 0. The first-order valence-corrected chi connectivity index (χ1v) is 22.3. The van der Waals surface area contributed by atoms with Crippen molar-refractivity contribution in [3.05, 3.63) is 78.4 Å². The lowest BCUT2D eigenvalue weighted by atomic mass is 9.95. The highest BCUT2D eigenvalue weighted by atomic mass is 16.5. The van der Waals surface area contributed by atoms with Crippen molar-refractivity contribution >= 4 is 0 Å². The Hall–Kier alpha value is -2.06. The van der Waals surface area contributed by atoms with Crippen LogP contribution in [-0.4, -0.2) is 30.7 Å². The average molecular weight is 705 g/mol. The number of ether oxygens (including phenoxy) is 1. The van der Waals surface area contributed by atoms with Crippen LogP contribution in [0, 0.1) is 0 Å². The third kappa shape index (κ3) is 24.0. The minimum Gasteiger partial charge on any atom is -0.493 e. The van der Waals surface area contributed by atoms with Gasteiger partial charge in [-0.15, -0.1) is 0 Å². The van der Waals surface area contributed by atoms with Gasteiger partial charge in [0.05, 0.1) is 26.2 Å². The first-order chi connectivity index (χ1) is 25.1. The van der Waals surface area contributed by atoms with E-state index in [-0.39, 0.29) is 0 Å². The smallest absolute Gasteiger partial charge is 0.125 e. The van der Waals surface area contributed by atoms with Gasteiger partial charge < -0.3 is 9.22 Å². The first-order valence-electron chi connectivity index (χ1n) is 22.3. The van der Waals surface area contributed by atoms with Crippen LogP contribution in [-0.2, 0) is 19.4 Å². The zero-order chi connectivity index (χ0) is 37.1. The van der Waals surface area contributed by atoms with Gasteiger partial charge in [-0.05, 0) is 102 Å². The Labute approximate surface area is 319 Å². The molecule has 1 aromatic carbocycles. The summed E-state index contributed by atoms with van der Waals surface area (Å²) in [7, 11) is 0. The maximum Gasteiger partial charge on any atom is 0.125 e. The molecule has 2 heteroatoms.